The molecule has 37 heavy (non-hydrogen) atoms. The Labute approximate surface area is 218 Å². The highest BCUT2D eigenvalue weighted by Gasteiger charge is 2.30. The Balaban J connectivity index is 1.44. The highest BCUT2D eigenvalue weighted by molar-refractivity contribution is 6.35. The van der Waals surface area contributed by atoms with Gasteiger partial charge in [-0.1, -0.05) is 30.7 Å². The van der Waals surface area contributed by atoms with Crippen LogP contribution in [0, 0.1) is 11.7 Å². The van der Waals surface area contributed by atoms with Gasteiger partial charge in [-0.15, -0.1) is 0 Å². The van der Waals surface area contributed by atoms with Crippen molar-refractivity contribution in [2.45, 2.75) is 31.8 Å². The van der Waals surface area contributed by atoms with Gasteiger partial charge in [0.15, 0.2) is 17.3 Å². The Morgan fingerprint density at radius 3 is 2.89 bits per heavy atom. The first-order valence-electron chi connectivity index (χ1n) is 12.1. The number of anilines is 1. The molecule has 0 radical (unpaired) electrons. The molecule has 1 aliphatic rings. The summed E-state index contributed by atoms with van der Waals surface area (Å²) in [4.78, 5) is 21.1. The number of fused-ring (bicyclic) bond motifs is 1. The van der Waals surface area contributed by atoms with Crippen molar-refractivity contribution in [2.24, 2.45) is 5.92 Å². The van der Waals surface area contributed by atoms with Crippen LogP contribution in [0.5, 0.6) is 11.5 Å². The largest absolute Gasteiger partial charge is 0.454 e. The molecule has 0 saturated carbocycles. The van der Waals surface area contributed by atoms with Crippen molar-refractivity contribution < 1.29 is 23.8 Å². The predicted octanol–water partition coefficient (Wildman–Crippen LogP) is 5.85. The van der Waals surface area contributed by atoms with E-state index in [1.807, 2.05) is 0 Å². The van der Waals surface area contributed by atoms with Crippen LogP contribution in [-0.2, 0) is 4.74 Å². The molecule has 0 amide bonds. The van der Waals surface area contributed by atoms with E-state index in [9.17, 15) is 14.3 Å². The van der Waals surface area contributed by atoms with E-state index in [1.54, 1.807) is 36.7 Å². The molecule has 0 bridgehead atoms. The van der Waals surface area contributed by atoms with Crippen LogP contribution in [-0.4, -0.2) is 40.2 Å². The van der Waals surface area contributed by atoms with E-state index in [4.69, 9.17) is 26.8 Å². The number of rotatable bonds is 7. The van der Waals surface area contributed by atoms with E-state index >= 15 is 0 Å². The van der Waals surface area contributed by atoms with Crippen molar-refractivity contribution in [3.8, 4) is 11.5 Å². The molecule has 2 aromatic heterocycles. The third-order valence-electron chi connectivity index (χ3n) is 7.08. The number of H-pyrrole nitrogens is 1. The van der Waals surface area contributed by atoms with Gasteiger partial charge in [0.1, 0.15) is 11.4 Å². The molecule has 7 nitrogen and oxygen atoms in total. The maximum absolute atomic E-state index is 14.0. The van der Waals surface area contributed by atoms with E-state index in [0.29, 0.717) is 34.6 Å². The van der Waals surface area contributed by atoms with Crippen molar-refractivity contribution in [2.75, 3.05) is 18.9 Å². The van der Waals surface area contributed by atoms with Crippen molar-refractivity contribution in [3.05, 3.63) is 82.4 Å². The van der Waals surface area contributed by atoms with E-state index in [1.165, 1.54) is 18.2 Å². The molecule has 0 aliphatic carbocycles. The van der Waals surface area contributed by atoms with Crippen LogP contribution in [0.15, 0.2) is 54.9 Å². The molecule has 1 aliphatic heterocycles. The quantitative estimate of drug-likeness (QED) is 0.262. The highest BCUT2D eigenvalue weighted by atomic mass is 35.5. The Hall–Kier alpha value is -3.46. The van der Waals surface area contributed by atoms with E-state index in [2.05, 4.69) is 16.9 Å². The first kappa shape index (κ1) is 25.2. The van der Waals surface area contributed by atoms with Crippen LogP contribution in [0.3, 0.4) is 0 Å². The number of nitrogens with zero attached hydrogens (tertiary/aromatic N) is 1. The lowest BCUT2D eigenvalue weighted by molar-refractivity contribution is -0.0413. The third-order valence-corrected chi connectivity index (χ3v) is 7.39. The number of carbonyl (C=O) groups excluding carboxylic acids is 1. The van der Waals surface area contributed by atoms with Crippen LogP contribution < -0.4 is 10.5 Å². The fourth-order valence-electron chi connectivity index (χ4n) is 4.96. The lowest BCUT2D eigenvalue weighted by atomic mass is 9.80. The zero-order valence-electron chi connectivity index (χ0n) is 20.2. The van der Waals surface area contributed by atoms with Gasteiger partial charge in [0, 0.05) is 36.3 Å². The minimum Gasteiger partial charge on any atom is -0.454 e. The number of aliphatic hydroxyl groups excluding tert-OH is 1. The highest BCUT2D eigenvalue weighted by Crippen LogP contribution is 2.39. The van der Waals surface area contributed by atoms with Gasteiger partial charge in [0.2, 0.25) is 0 Å². The van der Waals surface area contributed by atoms with Crippen molar-refractivity contribution >= 4 is 34.1 Å². The van der Waals surface area contributed by atoms with Gasteiger partial charge in [-0.3, -0.25) is 4.79 Å². The molecule has 1 saturated heterocycles. The maximum Gasteiger partial charge on any atom is 0.196 e. The fourth-order valence-corrected chi connectivity index (χ4v) is 5.22. The maximum atomic E-state index is 14.0. The SMILES string of the molecule is CC(c1cnc2[nH]cc(C(=O)c3ccc(Oc4ccccc4F)cc3Cl)c2c1N)C1CCO[C@H](CO)C1. The van der Waals surface area contributed by atoms with Gasteiger partial charge in [0.25, 0.3) is 0 Å². The average molecular weight is 524 g/mol. The fraction of sp³-hybridized carbons (Fsp3) is 0.286. The molecular weight excluding hydrogens is 497 g/mol. The molecular formula is C28H27ClFN3O4. The summed E-state index contributed by atoms with van der Waals surface area (Å²) in [5.41, 5.74) is 9.11. The summed E-state index contributed by atoms with van der Waals surface area (Å²) in [6, 6.07) is 10.6. The molecule has 1 fully saturated rings. The van der Waals surface area contributed by atoms with Crippen LogP contribution in [0.2, 0.25) is 5.02 Å². The van der Waals surface area contributed by atoms with E-state index < -0.39 is 5.82 Å². The Kier molecular flexibility index (Phi) is 7.15. The lowest BCUT2D eigenvalue weighted by Crippen LogP contribution is -2.31. The molecule has 2 aromatic carbocycles. The van der Waals surface area contributed by atoms with Gasteiger partial charge in [-0.05, 0) is 54.5 Å². The molecule has 9 heteroatoms. The zero-order valence-corrected chi connectivity index (χ0v) is 21.0. The van der Waals surface area contributed by atoms with Crippen LogP contribution >= 0.6 is 11.6 Å². The summed E-state index contributed by atoms with van der Waals surface area (Å²) in [7, 11) is 0. The minimum atomic E-state index is -0.502. The van der Waals surface area contributed by atoms with Gasteiger partial charge >= 0.3 is 0 Å². The van der Waals surface area contributed by atoms with Crippen LogP contribution in [0.1, 0.15) is 47.2 Å². The van der Waals surface area contributed by atoms with Gasteiger partial charge < -0.3 is 25.3 Å². The minimum absolute atomic E-state index is 0.0165. The molecule has 4 aromatic rings. The number of pyridine rings is 1. The van der Waals surface area contributed by atoms with Crippen molar-refractivity contribution in [1.82, 2.24) is 9.97 Å². The summed E-state index contributed by atoms with van der Waals surface area (Å²) in [5, 5.41) is 10.2. The number of hydrogen-bond acceptors (Lipinski definition) is 6. The second kappa shape index (κ2) is 10.5. The van der Waals surface area contributed by atoms with Gasteiger partial charge in [-0.2, -0.15) is 0 Å². The summed E-state index contributed by atoms with van der Waals surface area (Å²) in [6.07, 6.45) is 4.73. The Bertz CT molecular complexity index is 1460. The van der Waals surface area contributed by atoms with Crippen LogP contribution in [0.4, 0.5) is 10.1 Å². The van der Waals surface area contributed by atoms with Crippen molar-refractivity contribution in [3.63, 3.8) is 0 Å². The van der Waals surface area contributed by atoms with Gasteiger partial charge in [0.05, 0.1) is 28.7 Å². The summed E-state index contributed by atoms with van der Waals surface area (Å²) in [6.45, 7) is 2.65. The van der Waals surface area contributed by atoms with Crippen LogP contribution in [0.25, 0.3) is 11.0 Å². The second-order valence-electron chi connectivity index (χ2n) is 9.30. The number of nitrogen functional groups attached to an aromatic ring is 1. The Morgan fingerprint density at radius 2 is 2.14 bits per heavy atom. The standard InChI is InChI=1S/C28H27ClFN3O4/c1-15(16-8-9-36-18(10-16)14-34)20-12-32-28-25(26(20)31)21(13-33-28)27(35)19-7-6-17(11-22(19)29)37-24-5-3-2-4-23(24)30/h2-7,11-13,15-16,18,34H,8-10,14H2,1H3,(H3,31,32,33)/t15?,16?,18-/m0/s1. The first-order chi connectivity index (χ1) is 17.9. The summed E-state index contributed by atoms with van der Waals surface area (Å²) in [5.74, 6) is -0.130. The predicted molar refractivity (Wildman–Crippen MR) is 140 cm³/mol. The second-order valence-corrected chi connectivity index (χ2v) is 9.71. The number of nitrogens with two attached hydrogens (primary N) is 1. The number of hydrogen-bond donors (Lipinski definition) is 3. The number of carbonyl (C=O) groups is 1. The molecule has 2 unspecified atom stereocenters. The number of benzene rings is 2. The summed E-state index contributed by atoms with van der Waals surface area (Å²) >= 11 is 6.46. The average Bonchev–Trinajstić information content (AvgIpc) is 3.35. The molecule has 3 heterocycles. The number of nitrogens with one attached hydrogen (secondary N) is 1. The molecule has 5 rings (SSSR count). The number of aromatic amines is 1. The van der Waals surface area contributed by atoms with E-state index in [0.717, 1.165) is 18.4 Å². The molecule has 3 atom stereocenters. The zero-order chi connectivity index (χ0) is 26.1. The Morgan fingerprint density at radius 1 is 1.32 bits per heavy atom. The smallest absolute Gasteiger partial charge is 0.196 e. The third kappa shape index (κ3) is 4.92. The molecule has 0 spiro atoms. The topological polar surface area (TPSA) is 110 Å². The lowest BCUT2D eigenvalue weighted by Gasteiger charge is -2.33. The number of aliphatic hydroxyl groups is 1. The molecule has 192 valence electrons. The van der Waals surface area contributed by atoms with E-state index in [-0.39, 0.29) is 46.7 Å². The number of aromatic nitrogens is 2. The number of ketones is 1. The summed E-state index contributed by atoms with van der Waals surface area (Å²) < 4.78 is 25.1. The number of para-hydroxylation sites is 1. The number of halogens is 2. The normalized spacial score (nSPS) is 18.6. The number of ether oxygens (including phenoxy) is 2. The van der Waals surface area contributed by atoms with Gasteiger partial charge in [-0.25, -0.2) is 9.37 Å². The monoisotopic (exact) mass is 523 g/mol. The van der Waals surface area contributed by atoms with Crippen molar-refractivity contribution in [1.29, 1.82) is 0 Å². The molecule has 4 N–H and O–H groups in total. The first-order valence-corrected chi connectivity index (χ1v) is 12.5.